The van der Waals surface area contributed by atoms with Crippen molar-refractivity contribution >= 4 is 17.4 Å². The lowest BCUT2D eigenvalue weighted by Crippen LogP contribution is -2.07. The fourth-order valence-electron chi connectivity index (χ4n) is 3.03. The molecule has 4 aromatic rings. The van der Waals surface area contributed by atoms with E-state index < -0.39 is 0 Å². The van der Waals surface area contributed by atoms with Crippen LogP contribution in [0, 0.1) is 5.82 Å². The van der Waals surface area contributed by atoms with Crippen LogP contribution in [-0.4, -0.2) is 25.7 Å². The second-order valence-corrected chi connectivity index (χ2v) is 6.82. The van der Waals surface area contributed by atoms with Crippen LogP contribution >= 0.6 is 0 Å². The summed E-state index contributed by atoms with van der Waals surface area (Å²) in [6, 6.07) is 13.0. The Morgan fingerprint density at radius 3 is 2.81 bits per heavy atom. The Hall–Kier alpha value is -4.53. The van der Waals surface area contributed by atoms with Crippen molar-refractivity contribution in [3.63, 3.8) is 0 Å². The number of nitrogens with one attached hydrogen (secondary N) is 1. The van der Waals surface area contributed by atoms with Crippen LogP contribution in [0.1, 0.15) is 5.56 Å². The number of aromatic nitrogens is 4. The molecule has 1 amide bonds. The SMILES string of the molecule is C=CC(=O)Nc1cccc(Oc2ncnc(N)c2-c2cnn(Cc3ccc(F)cc3)c2)c1. The van der Waals surface area contributed by atoms with Gasteiger partial charge >= 0.3 is 0 Å². The molecule has 0 spiro atoms. The van der Waals surface area contributed by atoms with Crippen molar-refractivity contribution in [2.45, 2.75) is 6.54 Å². The van der Waals surface area contributed by atoms with E-state index in [1.165, 1.54) is 24.5 Å². The molecule has 160 valence electrons. The van der Waals surface area contributed by atoms with Crippen molar-refractivity contribution in [2.75, 3.05) is 11.1 Å². The summed E-state index contributed by atoms with van der Waals surface area (Å²) in [7, 11) is 0. The van der Waals surface area contributed by atoms with E-state index in [2.05, 4.69) is 27.0 Å². The number of benzene rings is 2. The molecule has 0 atom stereocenters. The maximum Gasteiger partial charge on any atom is 0.247 e. The van der Waals surface area contributed by atoms with Crippen LogP contribution in [0.5, 0.6) is 11.6 Å². The molecule has 0 aliphatic carbocycles. The standard InChI is InChI=1S/C23H19FN6O2/c1-2-20(31)29-18-4-3-5-19(10-18)32-23-21(22(25)26-14-27-23)16-11-28-30(13-16)12-15-6-8-17(24)9-7-15/h2-11,13-14H,1,12H2,(H,29,31)(H2,25,26,27). The van der Waals surface area contributed by atoms with Crippen LogP contribution in [0.3, 0.4) is 0 Å². The van der Waals surface area contributed by atoms with Crippen molar-refractivity contribution in [1.29, 1.82) is 0 Å². The van der Waals surface area contributed by atoms with Crippen LogP contribution < -0.4 is 15.8 Å². The predicted molar refractivity (Wildman–Crippen MR) is 119 cm³/mol. The summed E-state index contributed by atoms with van der Waals surface area (Å²) in [5, 5.41) is 7.03. The van der Waals surface area contributed by atoms with Crippen LogP contribution in [-0.2, 0) is 11.3 Å². The van der Waals surface area contributed by atoms with Gasteiger partial charge in [-0.3, -0.25) is 9.48 Å². The third kappa shape index (κ3) is 4.78. The van der Waals surface area contributed by atoms with E-state index in [-0.39, 0.29) is 23.4 Å². The molecule has 9 heteroatoms. The van der Waals surface area contributed by atoms with Gasteiger partial charge in [0.15, 0.2) is 0 Å². The highest BCUT2D eigenvalue weighted by Gasteiger charge is 2.16. The normalized spacial score (nSPS) is 10.5. The number of rotatable bonds is 7. The molecular weight excluding hydrogens is 411 g/mol. The van der Waals surface area contributed by atoms with Crippen LogP contribution in [0.15, 0.2) is 79.9 Å². The molecule has 0 saturated carbocycles. The number of hydrogen-bond donors (Lipinski definition) is 2. The van der Waals surface area contributed by atoms with Gasteiger partial charge in [0, 0.05) is 23.5 Å². The van der Waals surface area contributed by atoms with E-state index in [1.807, 2.05) is 0 Å². The summed E-state index contributed by atoms with van der Waals surface area (Å²) in [5.74, 6) is 0.296. The highest BCUT2D eigenvalue weighted by molar-refractivity contribution is 5.98. The fourth-order valence-corrected chi connectivity index (χ4v) is 3.03. The zero-order valence-corrected chi connectivity index (χ0v) is 16.9. The van der Waals surface area contributed by atoms with E-state index >= 15 is 0 Å². The molecule has 2 heterocycles. The molecule has 0 saturated heterocycles. The van der Waals surface area contributed by atoms with Gasteiger partial charge in [-0.25, -0.2) is 14.4 Å². The van der Waals surface area contributed by atoms with Gasteiger partial charge in [0.2, 0.25) is 11.8 Å². The average Bonchev–Trinajstić information content (AvgIpc) is 3.23. The summed E-state index contributed by atoms with van der Waals surface area (Å²) >= 11 is 0. The predicted octanol–water partition coefficient (Wildman–Crippen LogP) is 4.03. The van der Waals surface area contributed by atoms with Gasteiger partial charge in [0.05, 0.1) is 18.3 Å². The largest absolute Gasteiger partial charge is 0.438 e. The molecule has 2 aromatic carbocycles. The smallest absolute Gasteiger partial charge is 0.247 e. The van der Waals surface area contributed by atoms with Crippen LogP contribution in [0.2, 0.25) is 0 Å². The molecule has 4 rings (SSSR count). The van der Waals surface area contributed by atoms with Crippen molar-refractivity contribution in [3.8, 4) is 22.8 Å². The van der Waals surface area contributed by atoms with Crippen LogP contribution in [0.4, 0.5) is 15.9 Å². The number of ether oxygens (including phenoxy) is 1. The molecular formula is C23H19FN6O2. The first-order valence-corrected chi connectivity index (χ1v) is 9.61. The number of nitrogens with zero attached hydrogens (tertiary/aromatic N) is 4. The minimum Gasteiger partial charge on any atom is -0.438 e. The van der Waals surface area contributed by atoms with E-state index in [1.54, 1.807) is 53.5 Å². The van der Waals surface area contributed by atoms with Gasteiger partial charge in [0.25, 0.3) is 0 Å². The number of hydrogen-bond acceptors (Lipinski definition) is 6. The Morgan fingerprint density at radius 2 is 2.03 bits per heavy atom. The highest BCUT2D eigenvalue weighted by Crippen LogP contribution is 2.35. The summed E-state index contributed by atoms with van der Waals surface area (Å²) < 4.78 is 20.8. The molecule has 0 radical (unpaired) electrons. The van der Waals surface area contributed by atoms with E-state index in [9.17, 15) is 9.18 Å². The summed E-state index contributed by atoms with van der Waals surface area (Å²) in [5.41, 5.74) is 8.71. The second kappa shape index (κ2) is 9.09. The first kappa shape index (κ1) is 20.7. The van der Waals surface area contributed by atoms with E-state index in [0.717, 1.165) is 5.56 Å². The number of anilines is 2. The third-order valence-corrected chi connectivity index (χ3v) is 4.52. The number of carbonyl (C=O) groups excluding carboxylic acids is 1. The van der Waals surface area contributed by atoms with Gasteiger partial charge < -0.3 is 15.8 Å². The molecule has 0 bridgehead atoms. The maximum absolute atomic E-state index is 13.1. The zero-order valence-electron chi connectivity index (χ0n) is 16.9. The average molecular weight is 430 g/mol. The third-order valence-electron chi connectivity index (χ3n) is 4.52. The van der Waals surface area contributed by atoms with Crippen molar-refractivity contribution < 1.29 is 13.9 Å². The Kier molecular flexibility index (Phi) is 5.89. The number of amides is 1. The lowest BCUT2D eigenvalue weighted by Gasteiger charge is -2.11. The van der Waals surface area contributed by atoms with Crippen molar-refractivity contribution in [1.82, 2.24) is 19.7 Å². The second-order valence-electron chi connectivity index (χ2n) is 6.82. The number of carbonyl (C=O) groups is 1. The molecule has 8 nitrogen and oxygen atoms in total. The Balaban J connectivity index is 1.60. The fraction of sp³-hybridized carbons (Fsp3) is 0.0435. The van der Waals surface area contributed by atoms with Crippen molar-refractivity contribution in [3.05, 3.63) is 91.3 Å². The number of halogens is 1. The Bertz CT molecular complexity index is 1270. The molecule has 32 heavy (non-hydrogen) atoms. The minimum absolute atomic E-state index is 0.229. The van der Waals surface area contributed by atoms with E-state index in [4.69, 9.17) is 10.5 Å². The molecule has 3 N–H and O–H groups in total. The number of nitrogens with two attached hydrogens (primary N) is 1. The zero-order chi connectivity index (χ0) is 22.5. The summed E-state index contributed by atoms with van der Waals surface area (Å²) in [4.78, 5) is 19.8. The summed E-state index contributed by atoms with van der Waals surface area (Å²) in [6.45, 7) is 3.89. The van der Waals surface area contributed by atoms with Gasteiger partial charge in [-0.2, -0.15) is 5.10 Å². The molecule has 0 fully saturated rings. The Morgan fingerprint density at radius 1 is 1.22 bits per heavy atom. The minimum atomic E-state index is -0.331. The first-order chi connectivity index (χ1) is 15.5. The molecule has 0 unspecified atom stereocenters. The molecule has 2 aromatic heterocycles. The summed E-state index contributed by atoms with van der Waals surface area (Å²) in [6.07, 6.45) is 5.90. The van der Waals surface area contributed by atoms with Gasteiger partial charge in [-0.05, 0) is 35.9 Å². The highest BCUT2D eigenvalue weighted by atomic mass is 19.1. The lowest BCUT2D eigenvalue weighted by molar-refractivity contribution is -0.111. The van der Waals surface area contributed by atoms with Crippen molar-refractivity contribution in [2.24, 2.45) is 0 Å². The maximum atomic E-state index is 13.1. The molecule has 0 aliphatic heterocycles. The monoisotopic (exact) mass is 430 g/mol. The molecule has 0 aliphatic rings. The van der Waals surface area contributed by atoms with Crippen LogP contribution in [0.25, 0.3) is 11.1 Å². The van der Waals surface area contributed by atoms with Gasteiger partial charge in [-0.15, -0.1) is 0 Å². The number of nitrogen functional groups attached to an aromatic ring is 1. The topological polar surface area (TPSA) is 108 Å². The van der Waals surface area contributed by atoms with Gasteiger partial charge in [-0.1, -0.05) is 24.8 Å². The lowest BCUT2D eigenvalue weighted by atomic mass is 10.1. The van der Waals surface area contributed by atoms with E-state index in [0.29, 0.717) is 29.1 Å². The van der Waals surface area contributed by atoms with Gasteiger partial charge in [0.1, 0.15) is 23.7 Å². The Labute approximate surface area is 183 Å². The first-order valence-electron chi connectivity index (χ1n) is 9.61. The quantitative estimate of drug-likeness (QED) is 0.429.